The van der Waals surface area contributed by atoms with Gasteiger partial charge in [-0.15, -0.1) is 0 Å². The first-order chi connectivity index (χ1) is 9.56. The van der Waals surface area contributed by atoms with Gasteiger partial charge in [0.05, 0.1) is 5.92 Å². The van der Waals surface area contributed by atoms with Crippen molar-refractivity contribution in [2.75, 3.05) is 0 Å². The van der Waals surface area contributed by atoms with Crippen LogP contribution in [0, 0.1) is 17.8 Å². The topological polar surface area (TPSA) is 78.4 Å². The van der Waals surface area contributed by atoms with Gasteiger partial charge >= 0.3 is 12.0 Å². The Bertz CT molecular complexity index is 372. The third kappa shape index (κ3) is 3.07. The molecule has 5 nitrogen and oxygen atoms in total. The predicted molar refractivity (Wildman–Crippen MR) is 76.4 cm³/mol. The molecule has 0 radical (unpaired) electrons. The maximum atomic E-state index is 12.1. The lowest BCUT2D eigenvalue weighted by molar-refractivity contribution is -0.144. The number of carboxylic acid groups (broad SMARTS) is 1. The summed E-state index contributed by atoms with van der Waals surface area (Å²) in [6.45, 7) is 4.15. The first kappa shape index (κ1) is 15.1. The Hall–Kier alpha value is -1.26. The van der Waals surface area contributed by atoms with E-state index in [-0.39, 0.29) is 24.0 Å². The van der Waals surface area contributed by atoms with Gasteiger partial charge in [-0.25, -0.2) is 4.79 Å². The minimum atomic E-state index is -0.761. The summed E-state index contributed by atoms with van der Waals surface area (Å²) < 4.78 is 0. The minimum absolute atomic E-state index is 0.182. The van der Waals surface area contributed by atoms with Crippen LogP contribution in [0.25, 0.3) is 0 Å². The Balaban J connectivity index is 1.91. The van der Waals surface area contributed by atoms with Crippen molar-refractivity contribution in [3.8, 4) is 0 Å². The van der Waals surface area contributed by atoms with E-state index in [4.69, 9.17) is 0 Å². The average Bonchev–Trinajstić information content (AvgIpc) is 2.98. The minimum Gasteiger partial charge on any atom is -0.481 e. The normalized spacial score (nSPS) is 32.9. The molecule has 2 fully saturated rings. The number of urea groups is 1. The van der Waals surface area contributed by atoms with Crippen molar-refractivity contribution >= 4 is 12.0 Å². The van der Waals surface area contributed by atoms with E-state index in [0.29, 0.717) is 5.92 Å². The highest BCUT2D eigenvalue weighted by atomic mass is 16.4. The van der Waals surface area contributed by atoms with Crippen LogP contribution >= 0.6 is 0 Å². The number of carbonyl (C=O) groups excluding carboxylic acids is 1. The van der Waals surface area contributed by atoms with Crippen molar-refractivity contribution < 1.29 is 14.7 Å². The van der Waals surface area contributed by atoms with Gasteiger partial charge in [-0.05, 0) is 43.9 Å². The van der Waals surface area contributed by atoms with Gasteiger partial charge in [-0.3, -0.25) is 4.79 Å². The Labute approximate surface area is 120 Å². The first-order valence-electron chi connectivity index (χ1n) is 7.86. The van der Waals surface area contributed by atoms with Gasteiger partial charge in [0.15, 0.2) is 0 Å². The van der Waals surface area contributed by atoms with E-state index >= 15 is 0 Å². The van der Waals surface area contributed by atoms with Crippen molar-refractivity contribution in [2.24, 2.45) is 17.8 Å². The summed E-state index contributed by atoms with van der Waals surface area (Å²) in [7, 11) is 0. The summed E-state index contributed by atoms with van der Waals surface area (Å²) in [5, 5.41) is 15.3. The Kier molecular flexibility index (Phi) is 4.89. The zero-order chi connectivity index (χ0) is 14.7. The van der Waals surface area contributed by atoms with Gasteiger partial charge in [0.2, 0.25) is 0 Å². The zero-order valence-corrected chi connectivity index (χ0v) is 12.4. The van der Waals surface area contributed by atoms with E-state index < -0.39 is 11.9 Å². The molecule has 5 heteroatoms. The number of carboxylic acids is 1. The lowest BCUT2D eigenvalue weighted by Gasteiger charge is -2.29. The predicted octanol–water partition coefficient (Wildman–Crippen LogP) is 2.36. The molecule has 0 aromatic rings. The molecule has 3 N–H and O–H groups in total. The van der Waals surface area contributed by atoms with E-state index in [9.17, 15) is 14.7 Å². The molecule has 0 aromatic carbocycles. The van der Waals surface area contributed by atoms with Crippen molar-refractivity contribution in [3.63, 3.8) is 0 Å². The van der Waals surface area contributed by atoms with E-state index in [2.05, 4.69) is 24.5 Å². The van der Waals surface area contributed by atoms with Crippen molar-refractivity contribution in [1.82, 2.24) is 10.6 Å². The van der Waals surface area contributed by atoms with Crippen LogP contribution in [-0.2, 0) is 4.79 Å². The van der Waals surface area contributed by atoms with E-state index in [1.165, 1.54) is 0 Å². The molecule has 2 rings (SSSR count). The quantitative estimate of drug-likeness (QED) is 0.700. The van der Waals surface area contributed by atoms with E-state index in [1.54, 1.807) is 0 Å². The van der Waals surface area contributed by atoms with Gasteiger partial charge in [0.25, 0.3) is 0 Å². The molecule has 0 aliphatic heterocycles. The van der Waals surface area contributed by atoms with Crippen LogP contribution in [-0.4, -0.2) is 29.2 Å². The molecule has 114 valence electrons. The van der Waals surface area contributed by atoms with Crippen LogP contribution in [0.1, 0.15) is 52.4 Å². The maximum Gasteiger partial charge on any atom is 0.315 e. The highest BCUT2D eigenvalue weighted by Crippen LogP contribution is 2.48. The van der Waals surface area contributed by atoms with Crippen LogP contribution < -0.4 is 10.6 Å². The molecule has 0 spiro atoms. The molecule has 20 heavy (non-hydrogen) atoms. The van der Waals surface area contributed by atoms with Gasteiger partial charge in [-0.1, -0.05) is 20.3 Å². The molecule has 2 aliphatic rings. The number of hydrogen-bond acceptors (Lipinski definition) is 2. The molecular formula is C15H26N2O3. The van der Waals surface area contributed by atoms with Gasteiger partial charge in [0, 0.05) is 12.1 Å². The Morgan fingerprint density at radius 2 is 1.95 bits per heavy atom. The highest BCUT2D eigenvalue weighted by Gasteiger charge is 2.51. The van der Waals surface area contributed by atoms with Crippen LogP contribution in [0.5, 0.6) is 0 Å². The molecule has 2 bridgehead atoms. The molecule has 0 saturated heterocycles. The first-order valence-corrected chi connectivity index (χ1v) is 7.86. The number of aliphatic carboxylic acids is 1. The molecular weight excluding hydrogens is 256 g/mol. The van der Waals surface area contributed by atoms with Gasteiger partial charge in [-0.2, -0.15) is 0 Å². The van der Waals surface area contributed by atoms with Crippen LogP contribution in [0.4, 0.5) is 4.79 Å². The second kappa shape index (κ2) is 6.46. The van der Waals surface area contributed by atoms with E-state index in [1.807, 2.05) is 0 Å². The zero-order valence-electron chi connectivity index (χ0n) is 12.4. The number of carbonyl (C=O) groups is 2. The number of amides is 2. The standard InChI is InChI=1S/C15H26N2O3/c1-3-5-11(4-2)16-15(20)17-13-10-7-6-9(8-10)12(13)14(18)19/h9-13H,3-8H2,1-2H3,(H,18,19)(H2,16,17,20). The second-order valence-corrected chi connectivity index (χ2v) is 6.23. The molecule has 2 amide bonds. The number of fused-ring (bicyclic) bond motifs is 2. The van der Waals surface area contributed by atoms with Crippen LogP contribution in [0.3, 0.4) is 0 Å². The summed E-state index contributed by atoms with van der Waals surface area (Å²) in [5.74, 6) is -0.563. The Morgan fingerprint density at radius 3 is 2.55 bits per heavy atom. The number of hydrogen-bond donors (Lipinski definition) is 3. The smallest absolute Gasteiger partial charge is 0.315 e. The lowest BCUT2D eigenvalue weighted by Crippen LogP contribution is -2.52. The second-order valence-electron chi connectivity index (χ2n) is 6.23. The molecule has 0 aromatic heterocycles. The molecule has 2 saturated carbocycles. The average molecular weight is 282 g/mol. The summed E-state index contributed by atoms with van der Waals surface area (Å²) in [6, 6.07) is -0.207. The van der Waals surface area contributed by atoms with Crippen molar-refractivity contribution in [2.45, 2.75) is 64.5 Å². The fraction of sp³-hybridized carbons (Fsp3) is 0.867. The fourth-order valence-electron chi connectivity index (χ4n) is 3.96. The van der Waals surface area contributed by atoms with Crippen LogP contribution in [0.2, 0.25) is 0 Å². The fourth-order valence-corrected chi connectivity index (χ4v) is 3.96. The Morgan fingerprint density at radius 1 is 1.25 bits per heavy atom. The molecule has 5 unspecified atom stereocenters. The largest absolute Gasteiger partial charge is 0.481 e. The van der Waals surface area contributed by atoms with Crippen molar-refractivity contribution in [3.05, 3.63) is 0 Å². The lowest BCUT2D eigenvalue weighted by atomic mass is 9.84. The molecule has 5 atom stereocenters. The molecule has 0 heterocycles. The van der Waals surface area contributed by atoms with Crippen LogP contribution in [0.15, 0.2) is 0 Å². The SMILES string of the molecule is CCCC(CC)NC(=O)NC1C2CCC(C2)C1C(=O)O. The monoisotopic (exact) mass is 282 g/mol. The van der Waals surface area contributed by atoms with Crippen molar-refractivity contribution in [1.29, 1.82) is 0 Å². The molecule has 2 aliphatic carbocycles. The third-order valence-electron chi connectivity index (χ3n) is 4.96. The third-order valence-corrected chi connectivity index (χ3v) is 4.96. The number of rotatable bonds is 6. The van der Waals surface area contributed by atoms with Gasteiger partial charge < -0.3 is 15.7 Å². The van der Waals surface area contributed by atoms with E-state index in [0.717, 1.165) is 38.5 Å². The highest BCUT2D eigenvalue weighted by molar-refractivity contribution is 5.77. The maximum absolute atomic E-state index is 12.1. The number of nitrogens with one attached hydrogen (secondary N) is 2. The summed E-state index contributed by atoms with van der Waals surface area (Å²) >= 11 is 0. The van der Waals surface area contributed by atoms with Gasteiger partial charge in [0.1, 0.15) is 0 Å². The summed E-state index contributed by atoms with van der Waals surface area (Å²) in [5.41, 5.74) is 0. The summed E-state index contributed by atoms with van der Waals surface area (Å²) in [4.78, 5) is 23.5. The summed E-state index contributed by atoms with van der Waals surface area (Å²) in [6.07, 6.45) is 5.89.